The Hall–Kier alpha value is -2.82. The van der Waals surface area contributed by atoms with Crippen LogP contribution in [-0.4, -0.2) is 38.0 Å². The Morgan fingerprint density at radius 1 is 1.00 bits per heavy atom. The molecule has 2 atom stereocenters. The number of anilines is 2. The molecule has 2 aromatic carbocycles. The van der Waals surface area contributed by atoms with E-state index >= 15 is 0 Å². The molecule has 2 aliphatic heterocycles. The number of hydrogen-bond acceptors (Lipinski definition) is 3. The maximum Gasteiger partial charge on any atom is 0.239 e. The van der Waals surface area contributed by atoms with E-state index in [2.05, 4.69) is 41.4 Å². The highest BCUT2D eigenvalue weighted by Gasteiger charge is 2.38. The van der Waals surface area contributed by atoms with Crippen LogP contribution in [0.4, 0.5) is 11.4 Å². The molecule has 2 heterocycles. The summed E-state index contributed by atoms with van der Waals surface area (Å²) in [5, 5.41) is 3.05. The molecule has 0 bridgehead atoms. The first-order valence-corrected chi connectivity index (χ1v) is 10.5. The average molecular weight is 392 g/mol. The lowest BCUT2D eigenvalue weighted by atomic mass is 10.1. The minimum absolute atomic E-state index is 0.0805. The molecular formula is C24H29N3O2. The molecule has 0 aromatic heterocycles. The van der Waals surface area contributed by atoms with Gasteiger partial charge >= 0.3 is 0 Å². The van der Waals surface area contributed by atoms with Crippen LogP contribution >= 0.6 is 0 Å². The highest BCUT2D eigenvalue weighted by molar-refractivity contribution is 6.09. The fraction of sp³-hybridized carbons (Fsp3) is 0.417. The minimum Gasteiger partial charge on any atom is -0.371 e. The standard InChI is InChI=1S/C24H29N3O2/c1-17-8-9-21(14-18(17)2)27-13-11-22(24(27)29)23(28)25-15-19-10-12-26(16-19)20-6-4-3-5-7-20/h3-9,14,19,22H,10-13,15-16H2,1-2H3,(H,25,28)/t19-,22+/m1/s1. The molecule has 0 unspecified atom stereocenters. The number of benzene rings is 2. The molecule has 5 nitrogen and oxygen atoms in total. The van der Waals surface area contributed by atoms with Gasteiger partial charge in [0.1, 0.15) is 5.92 Å². The Morgan fingerprint density at radius 2 is 1.79 bits per heavy atom. The van der Waals surface area contributed by atoms with Crippen LogP contribution in [0.5, 0.6) is 0 Å². The topological polar surface area (TPSA) is 52.7 Å². The van der Waals surface area contributed by atoms with E-state index in [0.717, 1.165) is 30.8 Å². The molecule has 2 aliphatic rings. The van der Waals surface area contributed by atoms with Gasteiger partial charge in [0.15, 0.2) is 0 Å². The number of hydrogen-bond donors (Lipinski definition) is 1. The number of aryl methyl sites for hydroxylation is 2. The van der Waals surface area contributed by atoms with E-state index in [4.69, 9.17) is 0 Å². The Labute approximate surface area is 172 Å². The first-order valence-electron chi connectivity index (χ1n) is 10.5. The number of carbonyl (C=O) groups excluding carboxylic acids is 2. The Kier molecular flexibility index (Phi) is 5.56. The average Bonchev–Trinajstić information content (AvgIpc) is 3.36. The lowest BCUT2D eigenvalue weighted by Crippen LogP contribution is -2.39. The largest absolute Gasteiger partial charge is 0.371 e. The van der Waals surface area contributed by atoms with Gasteiger partial charge in [-0.2, -0.15) is 0 Å². The van der Waals surface area contributed by atoms with Crippen LogP contribution in [0.25, 0.3) is 0 Å². The van der Waals surface area contributed by atoms with Crippen molar-refractivity contribution in [3.8, 4) is 0 Å². The third-order valence-corrected chi connectivity index (χ3v) is 6.30. The Morgan fingerprint density at radius 3 is 2.55 bits per heavy atom. The summed E-state index contributed by atoms with van der Waals surface area (Å²) in [6.07, 6.45) is 1.64. The SMILES string of the molecule is Cc1ccc(N2CC[C@@H](C(=O)NC[C@H]3CCN(c4ccccc4)C3)C2=O)cc1C. The van der Waals surface area contributed by atoms with Gasteiger partial charge in [0, 0.05) is 37.6 Å². The van der Waals surface area contributed by atoms with Gasteiger partial charge in [-0.1, -0.05) is 24.3 Å². The normalized spacial score (nSPS) is 21.7. The molecule has 2 fully saturated rings. The highest BCUT2D eigenvalue weighted by atomic mass is 16.2. The molecule has 0 aliphatic carbocycles. The Bertz CT molecular complexity index is 896. The molecule has 152 valence electrons. The molecule has 1 N–H and O–H groups in total. The van der Waals surface area contributed by atoms with Crippen molar-refractivity contribution in [2.24, 2.45) is 11.8 Å². The first-order chi connectivity index (χ1) is 14.0. The van der Waals surface area contributed by atoms with Crippen molar-refractivity contribution in [3.63, 3.8) is 0 Å². The summed E-state index contributed by atoms with van der Waals surface area (Å²) >= 11 is 0. The van der Waals surface area contributed by atoms with E-state index in [1.807, 2.05) is 31.2 Å². The van der Waals surface area contributed by atoms with Crippen molar-refractivity contribution < 1.29 is 9.59 Å². The molecule has 2 aromatic rings. The second-order valence-corrected chi connectivity index (χ2v) is 8.28. The van der Waals surface area contributed by atoms with E-state index < -0.39 is 5.92 Å². The summed E-state index contributed by atoms with van der Waals surface area (Å²) in [4.78, 5) is 29.6. The summed E-state index contributed by atoms with van der Waals surface area (Å²) in [5.74, 6) is -0.350. The molecule has 0 spiro atoms. The van der Waals surface area contributed by atoms with E-state index in [1.54, 1.807) is 4.90 Å². The third kappa shape index (κ3) is 4.14. The summed E-state index contributed by atoms with van der Waals surface area (Å²) in [5.41, 5.74) is 4.49. The maximum atomic E-state index is 12.8. The molecule has 0 radical (unpaired) electrons. The second-order valence-electron chi connectivity index (χ2n) is 8.28. The lowest BCUT2D eigenvalue weighted by Gasteiger charge is -2.19. The van der Waals surface area contributed by atoms with Crippen molar-refractivity contribution in [3.05, 3.63) is 59.7 Å². The van der Waals surface area contributed by atoms with Gasteiger partial charge in [0.2, 0.25) is 11.8 Å². The zero-order chi connectivity index (χ0) is 20.4. The summed E-state index contributed by atoms with van der Waals surface area (Å²) in [6, 6.07) is 16.4. The smallest absolute Gasteiger partial charge is 0.239 e. The van der Waals surface area contributed by atoms with E-state index in [9.17, 15) is 9.59 Å². The predicted molar refractivity (Wildman–Crippen MR) is 116 cm³/mol. The first kappa shape index (κ1) is 19.5. The number of amides is 2. The predicted octanol–water partition coefficient (Wildman–Crippen LogP) is 3.30. The fourth-order valence-corrected chi connectivity index (χ4v) is 4.31. The minimum atomic E-state index is -0.566. The highest BCUT2D eigenvalue weighted by Crippen LogP contribution is 2.27. The molecular weight excluding hydrogens is 362 g/mol. The molecule has 5 heteroatoms. The van der Waals surface area contributed by atoms with E-state index in [0.29, 0.717) is 25.4 Å². The summed E-state index contributed by atoms with van der Waals surface area (Å²) in [7, 11) is 0. The number of nitrogens with zero attached hydrogens (tertiary/aromatic N) is 2. The third-order valence-electron chi connectivity index (χ3n) is 6.30. The van der Waals surface area contributed by atoms with Gasteiger partial charge in [0.05, 0.1) is 0 Å². The van der Waals surface area contributed by atoms with Gasteiger partial charge in [-0.15, -0.1) is 0 Å². The van der Waals surface area contributed by atoms with Gasteiger partial charge in [-0.05, 0) is 68.0 Å². The van der Waals surface area contributed by atoms with Gasteiger partial charge in [-0.25, -0.2) is 0 Å². The Balaban J connectivity index is 1.30. The quantitative estimate of drug-likeness (QED) is 0.796. The van der Waals surface area contributed by atoms with Crippen LogP contribution in [-0.2, 0) is 9.59 Å². The van der Waals surface area contributed by atoms with Crippen molar-refractivity contribution >= 4 is 23.2 Å². The molecule has 4 rings (SSSR count). The van der Waals surface area contributed by atoms with Crippen molar-refractivity contribution in [1.82, 2.24) is 5.32 Å². The van der Waals surface area contributed by atoms with Crippen LogP contribution in [0.1, 0.15) is 24.0 Å². The van der Waals surface area contributed by atoms with Crippen molar-refractivity contribution in [1.29, 1.82) is 0 Å². The van der Waals surface area contributed by atoms with Crippen LogP contribution in [0.2, 0.25) is 0 Å². The monoisotopic (exact) mass is 391 g/mol. The fourth-order valence-electron chi connectivity index (χ4n) is 4.31. The summed E-state index contributed by atoms with van der Waals surface area (Å²) in [6.45, 7) is 7.29. The number of nitrogens with one attached hydrogen (secondary N) is 1. The van der Waals surface area contributed by atoms with Gasteiger partial charge in [0.25, 0.3) is 0 Å². The van der Waals surface area contributed by atoms with Crippen LogP contribution < -0.4 is 15.1 Å². The second kappa shape index (κ2) is 8.27. The van der Waals surface area contributed by atoms with Crippen LogP contribution in [0.15, 0.2) is 48.5 Å². The zero-order valence-corrected chi connectivity index (χ0v) is 17.2. The lowest BCUT2D eigenvalue weighted by molar-refractivity contribution is -0.132. The summed E-state index contributed by atoms with van der Waals surface area (Å²) < 4.78 is 0. The molecule has 2 amide bonds. The van der Waals surface area contributed by atoms with Crippen LogP contribution in [0.3, 0.4) is 0 Å². The van der Waals surface area contributed by atoms with Gasteiger partial charge in [-0.3, -0.25) is 9.59 Å². The molecule has 0 saturated carbocycles. The zero-order valence-electron chi connectivity index (χ0n) is 17.2. The van der Waals surface area contributed by atoms with Crippen molar-refractivity contribution in [2.45, 2.75) is 26.7 Å². The van der Waals surface area contributed by atoms with E-state index in [-0.39, 0.29) is 11.8 Å². The van der Waals surface area contributed by atoms with Crippen LogP contribution in [0, 0.1) is 25.7 Å². The maximum absolute atomic E-state index is 12.8. The number of carbonyl (C=O) groups is 2. The van der Waals surface area contributed by atoms with Crippen molar-refractivity contribution in [2.75, 3.05) is 36.0 Å². The number of para-hydroxylation sites is 1. The van der Waals surface area contributed by atoms with Gasteiger partial charge < -0.3 is 15.1 Å². The number of rotatable bonds is 5. The van der Waals surface area contributed by atoms with E-state index in [1.165, 1.54) is 11.3 Å². The molecule has 29 heavy (non-hydrogen) atoms. The molecule has 2 saturated heterocycles.